The topological polar surface area (TPSA) is 79.6 Å². The first-order valence-electron chi connectivity index (χ1n) is 6.65. The van der Waals surface area contributed by atoms with Crippen molar-refractivity contribution in [1.82, 2.24) is 14.8 Å². The highest BCUT2D eigenvalue weighted by Gasteiger charge is 2.28. The number of amides is 1. The van der Waals surface area contributed by atoms with E-state index in [-0.39, 0.29) is 28.4 Å². The van der Waals surface area contributed by atoms with Crippen LogP contribution in [-0.4, -0.2) is 58.8 Å². The summed E-state index contributed by atoms with van der Waals surface area (Å²) in [7, 11) is 3.95. The highest BCUT2D eigenvalue weighted by molar-refractivity contribution is 6.32. The average Bonchev–Trinajstić information content (AvgIpc) is 2.47. The predicted octanol–water partition coefficient (Wildman–Crippen LogP) is 1.81. The third-order valence-electron chi connectivity index (χ3n) is 3.68. The standard InChI is InChI=1S/C13H17ClN4O3/c1-16(2)9-4-3-5-17(8-9)13(19)11-6-10(18(20)21)7-15-12(11)14/h6-7,9H,3-5,8H2,1-2H3. The molecule has 1 atom stereocenters. The highest BCUT2D eigenvalue weighted by Crippen LogP contribution is 2.23. The second kappa shape index (κ2) is 6.36. The number of halogens is 1. The monoisotopic (exact) mass is 312 g/mol. The summed E-state index contributed by atoms with van der Waals surface area (Å²) < 4.78 is 0. The average molecular weight is 313 g/mol. The fourth-order valence-electron chi connectivity index (χ4n) is 2.42. The molecular formula is C13H17ClN4O3. The molecule has 1 saturated heterocycles. The van der Waals surface area contributed by atoms with Gasteiger partial charge in [0.25, 0.3) is 11.6 Å². The van der Waals surface area contributed by atoms with Crippen LogP contribution in [0.25, 0.3) is 0 Å². The number of piperidine rings is 1. The van der Waals surface area contributed by atoms with Gasteiger partial charge in [-0.3, -0.25) is 14.9 Å². The number of pyridine rings is 1. The number of likely N-dealkylation sites (N-methyl/N-ethyl adjacent to an activating group) is 1. The summed E-state index contributed by atoms with van der Waals surface area (Å²) in [4.78, 5) is 30.2. The Morgan fingerprint density at radius 2 is 2.29 bits per heavy atom. The lowest BCUT2D eigenvalue weighted by atomic mass is 10.0. The Bertz CT molecular complexity index is 564. The van der Waals surface area contributed by atoms with Crippen LogP contribution >= 0.6 is 11.6 Å². The maximum absolute atomic E-state index is 12.5. The molecule has 2 heterocycles. The molecule has 1 amide bonds. The number of carbonyl (C=O) groups excluding carboxylic acids is 1. The predicted molar refractivity (Wildman–Crippen MR) is 78.5 cm³/mol. The van der Waals surface area contributed by atoms with Crippen LogP contribution in [0.15, 0.2) is 12.3 Å². The van der Waals surface area contributed by atoms with Crippen LogP contribution in [0, 0.1) is 10.1 Å². The number of hydrogen-bond donors (Lipinski definition) is 0. The Hall–Kier alpha value is -1.73. The van der Waals surface area contributed by atoms with E-state index in [0.717, 1.165) is 19.0 Å². The zero-order valence-electron chi connectivity index (χ0n) is 12.0. The molecule has 0 N–H and O–H groups in total. The number of aromatic nitrogens is 1. The maximum atomic E-state index is 12.5. The molecule has 0 aromatic carbocycles. The molecule has 0 spiro atoms. The van der Waals surface area contributed by atoms with Crippen LogP contribution in [0.4, 0.5) is 5.69 Å². The summed E-state index contributed by atoms with van der Waals surface area (Å²) in [5, 5.41) is 10.8. The molecule has 21 heavy (non-hydrogen) atoms. The van der Waals surface area contributed by atoms with Crippen molar-refractivity contribution >= 4 is 23.2 Å². The SMILES string of the molecule is CN(C)C1CCCN(C(=O)c2cc([N+](=O)[O-])cnc2Cl)C1. The van der Waals surface area contributed by atoms with E-state index in [2.05, 4.69) is 9.88 Å². The van der Waals surface area contributed by atoms with Crippen molar-refractivity contribution in [2.75, 3.05) is 27.2 Å². The van der Waals surface area contributed by atoms with E-state index in [1.807, 2.05) is 14.1 Å². The zero-order chi connectivity index (χ0) is 15.6. The molecular weight excluding hydrogens is 296 g/mol. The van der Waals surface area contributed by atoms with Gasteiger partial charge in [0.2, 0.25) is 0 Å². The van der Waals surface area contributed by atoms with Gasteiger partial charge in [0.05, 0.1) is 10.5 Å². The van der Waals surface area contributed by atoms with Crippen LogP contribution in [0.3, 0.4) is 0 Å². The Morgan fingerprint density at radius 1 is 1.57 bits per heavy atom. The molecule has 114 valence electrons. The third-order valence-corrected chi connectivity index (χ3v) is 3.98. The van der Waals surface area contributed by atoms with E-state index in [4.69, 9.17) is 11.6 Å². The Morgan fingerprint density at radius 3 is 2.90 bits per heavy atom. The zero-order valence-corrected chi connectivity index (χ0v) is 12.7. The first kappa shape index (κ1) is 15.7. The minimum atomic E-state index is -0.584. The minimum absolute atomic E-state index is 0.00224. The van der Waals surface area contributed by atoms with Crippen molar-refractivity contribution < 1.29 is 9.72 Å². The van der Waals surface area contributed by atoms with Crippen LogP contribution in [-0.2, 0) is 0 Å². The largest absolute Gasteiger partial charge is 0.337 e. The lowest BCUT2D eigenvalue weighted by Gasteiger charge is -2.36. The third kappa shape index (κ3) is 3.48. The second-order valence-electron chi connectivity index (χ2n) is 5.30. The van der Waals surface area contributed by atoms with Gasteiger partial charge in [-0.1, -0.05) is 11.6 Å². The van der Waals surface area contributed by atoms with E-state index < -0.39 is 4.92 Å². The van der Waals surface area contributed by atoms with Crippen molar-refractivity contribution in [1.29, 1.82) is 0 Å². The number of nitro groups is 1. The summed E-state index contributed by atoms with van der Waals surface area (Å²) in [5.41, 5.74) is -0.144. The summed E-state index contributed by atoms with van der Waals surface area (Å²) in [5.74, 6) is -0.303. The Kier molecular flexibility index (Phi) is 4.74. The van der Waals surface area contributed by atoms with Gasteiger partial charge in [-0.15, -0.1) is 0 Å². The maximum Gasteiger partial charge on any atom is 0.288 e. The number of carbonyl (C=O) groups is 1. The summed E-state index contributed by atoms with van der Waals surface area (Å²) in [6, 6.07) is 1.48. The normalized spacial score (nSPS) is 18.9. The molecule has 0 bridgehead atoms. The molecule has 0 aliphatic carbocycles. The number of rotatable bonds is 3. The molecule has 1 aromatic rings. The van der Waals surface area contributed by atoms with Crippen molar-refractivity contribution in [3.05, 3.63) is 33.1 Å². The van der Waals surface area contributed by atoms with E-state index in [9.17, 15) is 14.9 Å². The van der Waals surface area contributed by atoms with Crippen molar-refractivity contribution in [3.63, 3.8) is 0 Å². The van der Waals surface area contributed by atoms with Crippen LogP contribution in [0.2, 0.25) is 5.15 Å². The smallest absolute Gasteiger partial charge is 0.288 e. The minimum Gasteiger partial charge on any atom is -0.337 e. The van der Waals surface area contributed by atoms with Crippen molar-refractivity contribution in [2.45, 2.75) is 18.9 Å². The first-order chi connectivity index (χ1) is 9.90. The van der Waals surface area contributed by atoms with E-state index >= 15 is 0 Å². The van der Waals surface area contributed by atoms with Gasteiger partial charge in [-0.2, -0.15) is 0 Å². The van der Waals surface area contributed by atoms with Crippen molar-refractivity contribution in [3.8, 4) is 0 Å². The van der Waals surface area contributed by atoms with Gasteiger partial charge in [0.15, 0.2) is 0 Å². The van der Waals surface area contributed by atoms with Gasteiger partial charge in [0.1, 0.15) is 11.3 Å². The summed E-state index contributed by atoms with van der Waals surface area (Å²) >= 11 is 5.92. The van der Waals surface area contributed by atoms with Gasteiger partial charge in [-0.05, 0) is 26.9 Å². The number of nitrogens with zero attached hydrogens (tertiary/aromatic N) is 4. The first-order valence-corrected chi connectivity index (χ1v) is 7.03. The molecule has 0 saturated carbocycles. The van der Waals surface area contributed by atoms with E-state index in [1.54, 1.807) is 4.90 Å². The fraction of sp³-hybridized carbons (Fsp3) is 0.538. The molecule has 1 fully saturated rings. The molecule has 1 aliphatic rings. The van der Waals surface area contributed by atoms with E-state index in [1.165, 1.54) is 6.07 Å². The molecule has 1 aromatic heterocycles. The lowest BCUT2D eigenvalue weighted by molar-refractivity contribution is -0.385. The summed E-state index contributed by atoms with van der Waals surface area (Å²) in [6.07, 6.45) is 2.98. The highest BCUT2D eigenvalue weighted by atomic mass is 35.5. The number of likely N-dealkylation sites (tertiary alicyclic amines) is 1. The Balaban J connectivity index is 2.23. The van der Waals surface area contributed by atoms with Gasteiger partial charge in [0, 0.05) is 25.2 Å². The Labute approximate surface area is 127 Å². The fourth-order valence-corrected chi connectivity index (χ4v) is 2.60. The van der Waals surface area contributed by atoms with Crippen LogP contribution < -0.4 is 0 Å². The molecule has 8 heteroatoms. The van der Waals surface area contributed by atoms with Crippen LogP contribution in [0.1, 0.15) is 23.2 Å². The molecule has 2 rings (SSSR count). The lowest BCUT2D eigenvalue weighted by Crippen LogP contribution is -2.47. The van der Waals surface area contributed by atoms with Gasteiger partial charge >= 0.3 is 0 Å². The van der Waals surface area contributed by atoms with E-state index in [0.29, 0.717) is 13.1 Å². The molecule has 7 nitrogen and oxygen atoms in total. The van der Waals surface area contributed by atoms with Gasteiger partial charge in [-0.25, -0.2) is 4.98 Å². The molecule has 1 unspecified atom stereocenters. The molecule has 0 radical (unpaired) electrons. The summed E-state index contributed by atoms with van der Waals surface area (Å²) in [6.45, 7) is 1.22. The second-order valence-corrected chi connectivity index (χ2v) is 5.66. The van der Waals surface area contributed by atoms with Crippen LogP contribution in [0.5, 0.6) is 0 Å². The van der Waals surface area contributed by atoms with Gasteiger partial charge < -0.3 is 9.80 Å². The van der Waals surface area contributed by atoms with Crippen molar-refractivity contribution in [2.24, 2.45) is 0 Å². The molecule has 1 aliphatic heterocycles. The quantitative estimate of drug-likeness (QED) is 0.483. The number of hydrogen-bond acceptors (Lipinski definition) is 5.